The monoisotopic (exact) mass is 2200 g/mol. The molecule has 5 fully saturated rings. The zero-order valence-corrected chi connectivity index (χ0v) is 92.9. The van der Waals surface area contributed by atoms with Crippen LogP contribution in [0.5, 0.6) is 23.0 Å². The molecule has 0 bridgehead atoms. The van der Waals surface area contributed by atoms with Crippen LogP contribution >= 0.6 is 86.6 Å². The van der Waals surface area contributed by atoms with Gasteiger partial charge in [-0.1, -0.05) is 94.4 Å². The van der Waals surface area contributed by atoms with Crippen LogP contribution in [0.3, 0.4) is 0 Å². The summed E-state index contributed by atoms with van der Waals surface area (Å²) in [5.74, 6) is 4.17. The molecule has 4 aromatic heterocycles. The molecule has 8 heterocycles. The number of nitrogens with one attached hydrogen (secondary N) is 8. The van der Waals surface area contributed by atoms with Crippen molar-refractivity contribution in [2.45, 2.75) is 98.6 Å². The highest BCUT2D eigenvalue weighted by Gasteiger charge is 2.38. The van der Waals surface area contributed by atoms with Gasteiger partial charge in [-0.3, -0.25) is 4.90 Å². The second-order valence-corrected chi connectivity index (χ2v) is 57.3. The largest absolute Gasteiger partial charge is 0.495 e. The standard InChI is InChI=1S/C28H35ClFN6O2P.C27H33ClN5O4PS.C25H32ClN6O3P.C21H23Cl2N4O3PS/c1-38-25-17-24(36-14-10-19(11-15-36)35-12-6-7-13-35)21(30)16-23(25)33-28-31-18-20(29)27(34-28)32-22-8-4-5-9-26(22)39(2,3)37;1-18(2)39(35,36)25-7-5-4-6-23(25)30-26-21(28)17-29-27(32-26)31-22-11-10-20(16-24(22)37-3)38(34)14-12-33(13-15-38)19-8-9-19;1-31-10-12-32(13-11-31)17-6-8-21(22(14-17)34-2)29-25-27-16-19(26)24(30-25)28-20-9-7-18(36(4,5)33)15-23(20)35-3;1-13(2)32(29,30)19-8-6-5-7-18(19)25-20-16(23)12-24-21(27-20)26-17-10-9-14(11-15(17)22)31(3,4)28/h4-5,8-9,16-19H,6-7,10-15H2,1-3H3,(H2,31,32,33,34);4-7,10-11,16-19H,8-9,12-15H2,1-3H3,(H2,29,30,31,32);6-9,14-16H,10-13H2,1-5H3,(H2,27,28,29,30);5-13H,1-4H3,(H2,24,25,26,27). The van der Waals surface area contributed by atoms with Gasteiger partial charge < -0.3 is 99.3 Å². The fourth-order valence-corrected chi connectivity index (χ4v) is 25.6. The molecule has 4 aliphatic heterocycles. The number of hydrogen-bond donors (Lipinski definition) is 8. The Hall–Kier alpha value is -10.6. The average Bonchev–Trinajstić information content (AvgIpc) is 1.55. The third-order valence-corrected chi connectivity index (χ3v) is 39.0. The van der Waals surface area contributed by atoms with Crippen molar-refractivity contribution in [2.75, 3.05) is 206 Å². The normalized spacial score (nSPS) is 15.4. The summed E-state index contributed by atoms with van der Waals surface area (Å²) in [6, 6.07) is 47.1. The minimum absolute atomic E-state index is 0.154. The number of hydrogen-bond acceptors (Lipinski definition) is 33. The second-order valence-electron chi connectivity index (χ2n) is 37.5. The van der Waals surface area contributed by atoms with E-state index in [1.165, 1.54) is 75.7 Å². The van der Waals surface area contributed by atoms with Gasteiger partial charge in [0.1, 0.15) is 77.5 Å². The Morgan fingerprint density at radius 3 is 1.23 bits per heavy atom. The predicted octanol–water partition coefficient (Wildman–Crippen LogP) is 21.7. The summed E-state index contributed by atoms with van der Waals surface area (Å²) in [5.41, 5.74) is 5.97. The molecule has 45 heteroatoms. The highest BCUT2D eigenvalue weighted by Crippen LogP contribution is 2.51. The maximum atomic E-state index is 15.4. The van der Waals surface area contributed by atoms with Crippen LogP contribution in [-0.4, -0.2) is 247 Å². The summed E-state index contributed by atoms with van der Waals surface area (Å²) < 4.78 is 140. The molecule has 8 N–H and O–H groups in total. The number of benzene rings is 8. The number of nitrogens with zero attached hydrogens (tertiary/aromatic N) is 13. The highest BCUT2D eigenvalue weighted by molar-refractivity contribution is 7.92. The number of rotatable bonds is 32. The van der Waals surface area contributed by atoms with E-state index in [1.54, 1.807) is 175 Å². The van der Waals surface area contributed by atoms with E-state index in [4.69, 9.17) is 77.0 Å². The number of methoxy groups -OCH3 is 4. The maximum absolute atomic E-state index is 15.4. The Kier molecular flexibility index (Phi) is 36.7. The molecule has 8 aromatic carbocycles. The quantitative estimate of drug-likeness (QED) is 0.0182. The highest BCUT2D eigenvalue weighted by atomic mass is 35.5. The Morgan fingerprint density at radius 1 is 0.390 bits per heavy atom. The van der Waals surface area contributed by atoms with Crippen molar-refractivity contribution in [3.8, 4) is 23.0 Å². The van der Waals surface area contributed by atoms with Crippen molar-refractivity contribution >= 4 is 231 Å². The van der Waals surface area contributed by atoms with Crippen LogP contribution in [0.25, 0.3) is 0 Å². The lowest BCUT2D eigenvalue weighted by atomic mass is 10.0. The third kappa shape index (κ3) is 28.1. The van der Waals surface area contributed by atoms with Crippen LogP contribution in [0, 0.1) is 5.82 Å². The van der Waals surface area contributed by atoms with Crippen molar-refractivity contribution in [3.05, 3.63) is 213 Å². The van der Waals surface area contributed by atoms with Gasteiger partial charge in [0.15, 0.2) is 42.9 Å². The van der Waals surface area contributed by atoms with Crippen LogP contribution in [0.15, 0.2) is 192 Å². The first kappa shape index (κ1) is 111. The van der Waals surface area contributed by atoms with Crippen molar-refractivity contribution in [2.24, 2.45) is 0 Å². The SMILES string of the molecule is CC(C)S(=O)(=O)c1ccccc1Nc1nc(Nc2ccc(P(C)(C)=O)cc2Cl)ncc1Cl.COc1cc(N2CCC(N3CCCC3)CC2)c(F)cc1Nc1ncc(Cl)c(Nc2ccccc2P(C)(C)=O)n1.COc1cc(N2CCN(C)CC2)ccc1Nc1ncc(Cl)c(Nc2ccc(P(C)(C)=O)cc2OC)n1.COc1cc(P2(=O)CCN(C3CC3)CC2)ccc1Nc1ncc(Cl)c(Nc2ccccc2S(=O)(=O)C(C)C)n1. The molecule has 1 saturated carbocycles. The van der Waals surface area contributed by atoms with Gasteiger partial charge in [0.2, 0.25) is 23.8 Å². The van der Waals surface area contributed by atoms with Gasteiger partial charge in [-0.15, -0.1) is 0 Å². The van der Waals surface area contributed by atoms with E-state index in [-0.39, 0.29) is 55.1 Å². The smallest absolute Gasteiger partial charge is 0.229 e. The summed E-state index contributed by atoms with van der Waals surface area (Å²) in [6.45, 7) is 26.5. The molecular formula is C101H123Cl5FN21O12P4S2. The fourth-order valence-electron chi connectivity index (χ4n) is 16.9. The van der Waals surface area contributed by atoms with Gasteiger partial charge in [-0.2, -0.15) is 19.9 Å². The topological polar surface area (TPSA) is 389 Å². The first-order valence-corrected chi connectivity index (χ1v) is 62.4. The molecule has 0 radical (unpaired) electrons. The first-order chi connectivity index (χ1) is 69.4. The summed E-state index contributed by atoms with van der Waals surface area (Å²) in [5, 5.41) is 28.1. The Morgan fingerprint density at radius 2 is 0.774 bits per heavy atom. The van der Waals surface area contributed by atoms with E-state index in [0.717, 1.165) is 87.2 Å². The molecule has 0 amide bonds. The van der Waals surface area contributed by atoms with Crippen LogP contribution < -0.4 is 92.5 Å². The van der Waals surface area contributed by atoms with E-state index in [1.807, 2.05) is 60.7 Å². The minimum atomic E-state index is -3.54. The summed E-state index contributed by atoms with van der Waals surface area (Å²) >= 11 is 31.7. The van der Waals surface area contributed by atoms with E-state index in [2.05, 4.69) is 120 Å². The molecule has 5 aliphatic rings. The van der Waals surface area contributed by atoms with Crippen LogP contribution in [0.1, 0.15) is 66.2 Å². The number of para-hydroxylation sites is 3. The van der Waals surface area contributed by atoms with E-state index >= 15 is 4.39 Å². The molecular weight excluding hydrogens is 2080 g/mol. The zero-order valence-electron chi connectivity index (χ0n) is 83.9. The van der Waals surface area contributed by atoms with Gasteiger partial charge >= 0.3 is 0 Å². The Balaban J connectivity index is 0.000000154. The number of aromatic nitrogens is 8. The molecule has 17 rings (SSSR count). The van der Waals surface area contributed by atoms with Crippen LogP contribution in [0.2, 0.25) is 25.1 Å². The maximum Gasteiger partial charge on any atom is 0.229 e. The summed E-state index contributed by atoms with van der Waals surface area (Å²) in [4.78, 5) is 47.1. The van der Waals surface area contributed by atoms with Gasteiger partial charge in [-0.25, -0.2) is 41.2 Å². The number of piperidine rings is 1. The number of likely N-dealkylation sites (tertiary alicyclic amines) is 1. The molecule has 12 aromatic rings. The first-order valence-electron chi connectivity index (χ1n) is 47.5. The number of piperazine rings is 1. The second kappa shape index (κ2) is 48.3. The van der Waals surface area contributed by atoms with Crippen LogP contribution in [-0.2, 0) is 37.9 Å². The van der Waals surface area contributed by atoms with E-state index in [9.17, 15) is 35.1 Å². The number of anilines is 18. The van der Waals surface area contributed by atoms with Gasteiger partial charge in [0.05, 0.1) is 130 Å². The predicted molar refractivity (Wildman–Crippen MR) is 596 cm³/mol. The van der Waals surface area contributed by atoms with Crippen molar-refractivity contribution in [1.82, 2.24) is 54.6 Å². The molecule has 0 unspecified atom stereocenters. The molecule has 778 valence electrons. The number of sulfone groups is 2. The molecule has 0 atom stereocenters. The van der Waals surface area contributed by atoms with Crippen molar-refractivity contribution in [3.63, 3.8) is 0 Å². The Bertz CT molecular complexity index is 7150. The molecule has 146 heavy (non-hydrogen) atoms. The lowest BCUT2D eigenvalue weighted by Gasteiger charge is -2.38. The van der Waals surface area contributed by atoms with Gasteiger partial charge in [0.25, 0.3) is 0 Å². The zero-order chi connectivity index (χ0) is 105. The summed E-state index contributed by atoms with van der Waals surface area (Å²) in [7, 11) is -8.51. The van der Waals surface area contributed by atoms with E-state index in [0.29, 0.717) is 136 Å². The molecule has 33 nitrogen and oxygen atoms in total. The lowest BCUT2D eigenvalue weighted by Crippen LogP contribution is -2.44. The lowest BCUT2D eigenvalue weighted by molar-refractivity contribution is 0.207. The Labute approximate surface area is 878 Å². The van der Waals surface area contributed by atoms with Gasteiger partial charge in [-0.05, 0) is 229 Å². The number of ether oxygens (including phenoxy) is 4. The van der Waals surface area contributed by atoms with Crippen molar-refractivity contribution in [1.29, 1.82) is 0 Å². The van der Waals surface area contributed by atoms with E-state index < -0.39 is 58.7 Å². The molecule has 4 saturated heterocycles. The molecule has 1 aliphatic carbocycles. The number of halogens is 6. The third-order valence-electron chi connectivity index (χ3n) is 25.5. The fraction of sp³-hybridized carbons (Fsp3) is 0.366. The van der Waals surface area contributed by atoms with Gasteiger partial charge in [0, 0.05) is 122 Å². The minimum Gasteiger partial charge on any atom is -0.495 e. The van der Waals surface area contributed by atoms with Crippen LogP contribution in [0.4, 0.5) is 108 Å². The summed E-state index contributed by atoms with van der Waals surface area (Å²) in [6.07, 6.45) is 14.3. The molecule has 0 spiro atoms. The average molecular weight is 2210 g/mol. The number of likely N-dealkylation sites (N-methyl/N-ethyl adjacent to an activating group) is 1. The van der Waals surface area contributed by atoms with Crippen molar-refractivity contribution < 1.29 is 58.4 Å².